The van der Waals surface area contributed by atoms with Gasteiger partial charge < -0.3 is 14.8 Å². The van der Waals surface area contributed by atoms with E-state index in [4.69, 9.17) is 9.47 Å². The lowest BCUT2D eigenvalue weighted by Crippen LogP contribution is -2.29. The summed E-state index contributed by atoms with van der Waals surface area (Å²) in [4.78, 5) is 12.6. The number of sulfonamides is 1. The molecule has 0 bridgehead atoms. The summed E-state index contributed by atoms with van der Waals surface area (Å²) >= 11 is 0. The van der Waals surface area contributed by atoms with Crippen LogP contribution in [0.4, 0.5) is 5.69 Å². The van der Waals surface area contributed by atoms with Crippen LogP contribution in [0.25, 0.3) is 0 Å². The minimum atomic E-state index is -3.82. The van der Waals surface area contributed by atoms with Gasteiger partial charge in [-0.1, -0.05) is 33.1 Å². The molecule has 1 amide bonds. The van der Waals surface area contributed by atoms with E-state index >= 15 is 0 Å². The fraction of sp³-hybridized carbons (Fsp3) is 0.458. The molecule has 0 unspecified atom stereocenters. The van der Waals surface area contributed by atoms with Crippen LogP contribution in [-0.4, -0.2) is 42.1 Å². The van der Waals surface area contributed by atoms with Gasteiger partial charge in [0.05, 0.1) is 24.8 Å². The minimum absolute atomic E-state index is 0.0807. The smallest absolute Gasteiger partial charge is 0.264 e. The van der Waals surface area contributed by atoms with E-state index in [0.29, 0.717) is 35.2 Å². The summed E-state index contributed by atoms with van der Waals surface area (Å²) in [6.07, 6.45) is 4.43. The van der Waals surface area contributed by atoms with Crippen LogP contribution in [0.1, 0.15) is 49.9 Å². The third-order valence-electron chi connectivity index (χ3n) is 5.60. The molecular formula is C24H34N2O5S. The standard InChI is InChI=1S/C24H34N2O5S/c1-6-8-9-18(7-2)17-25-24(27)19-10-12-20(13-11-19)26(3)32(28,29)21-14-15-22(30-4)23(16-21)31-5/h10-16,18H,6-9,17H2,1-5H3,(H,25,27)/t18-/m0/s1. The van der Waals surface area contributed by atoms with E-state index in [1.165, 1.54) is 37.7 Å². The number of nitrogens with zero attached hydrogens (tertiary/aromatic N) is 1. The van der Waals surface area contributed by atoms with E-state index in [0.717, 1.165) is 25.7 Å². The fourth-order valence-corrected chi connectivity index (χ4v) is 4.59. The molecule has 1 N–H and O–H groups in total. The average molecular weight is 463 g/mol. The lowest BCUT2D eigenvalue weighted by molar-refractivity contribution is 0.0946. The van der Waals surface area contributed by atoms with Gasteiger partial charge in [0.2, 0.25) is 0 Å². The van der Waals surface area contributed by atoms with Crippen molar-refractivity contribution in [3.05, 3.63) is 48.0 Å². The number of nitrogens with one attached hydrogen (secondary N) is 1. The molecule has 0 radical (unpaired) electrons. The van der Waals surface area contributed by atoms with Gasteiger partial charge in [-0.2, -0.15) is 0 Å². The first-order valence-electron chi connectivity index (χ1n) is 10.9. The van der Waals surface area contributed by atoms with Crippen molar-refractivity contribution in [2.75, 3.05) is 32.1 Å². The number of carbonyl (C=O) groups excluding carboxylic acids is 1. The first kappa shape index (κ1) is 25.5. The Morgan fingerprint density at radius 2 is 1.69 bits per heavy atom. The van der Waals surface area contributed by atoms with Crippen molar-refractivity contribution in [3.8, 4) is 11.5 Å². The summed E-state index contributed by atoms with van der Waals surface area (Å²) in [6, 6.07) is 11.0. The number of unbranched alkanes of at least 4 members (excludes halogenated alkanes) is 1. The number of benzene rings is 2. The van der Waals surface area contributed by atoms with Crippen LogP contribution >= 0.6 is 0 Å². The largest absolute Gasteiger partial charge is 0.493 e. The van der Waals surface area contributed by atoms with Crippen LogP contribution < -0.4 is 19.1 Å². The van der Waals surface area contributed by atoms with Gasteiger partial charge in [0.15, 0.2) is 11.5 Å². The highest BCUT2D eigenvalue weighted by molar-refractivity contribution is 7.92. The zero-order valence-corrected chi connectivity index (χ0v) is 20.4. The summed E-state index contributed by atoms with van der Waals surface area (Å²) in [5, 5.41) is 2.99. The van der Waals surface area contributed by atoms with E-state index in [1.54, 1.807) is 30.3 Å². The Morgan fingerprint density at radius 1 is 1.03 bits per heavy atom. The molecular weight excluding hydrogens is 428 g/mol. The van der Waals surface area contributed by atoms with Gasteiger partial charge in [0.25, 0.3) is 15.9 Å². The predicted octanol–water partition coefficient (Wildman–Crippen LogP) is 4.48. The van der Waals surface area contributed by atoms with Gasteiger partial charge in [-0.15, -0.1) is 0 Å². The van der Waals surface area contributed by atoms with Gasteiger partial charge in [0.1, 0.15) is 0 Å². The fourth-order valence-electron chi connectivity index (χ4n) is 3.38. The zero-order valence-electron chi connectivity index (χ0n) is 19.6. The third kappa shape index (κ3) is 6.16. The number of anilines is 1. The molecule has 0 saturated carbocycles. The average Bonchev–Trinajstić information content (AvgIpc) is 2.83. The Labute approximate surface area is 191 Å². The van der Waals surface area contributed by atoms with Crippen molar-refractivity contribution >= 4 is 21.6 Å². The van der Waals surface area contributed by atoms with E-state index in [2.05, 4.69) is 19.2 Å². The Morgan fingerprint density at radius 3 is 2.25 bits per heavy atom. The number of rotatable bonds is 12. The normalized spacial score (nSPS) is 12.2. The first-order chi connectivity index (χ1) is 15.3. The first-order valence-corrected chi connectivity index (χ1v) is 12.3. The van der Waals surface area contributed by atoms with Gasteiger partial charge in [-0.25, -0.2) is 8.42 Å². The second kappa shape index (κ2) is 11.8. The monoisotopic (exact) mass is 462 g/mol. The predicted molar refractivity (Wildman–Crippen MR) is 127 cm³/mol. The van der Waals surface area contributed by atoms with E-state index < -0.39 is 10.0 Å². The summed E-state index contributed by atoms with van der Waals surface area (Å²) in [5.41, 5.74) is 0.946. The minimum Gasteiger partial charge on any atom is -0.493 e. The van der Waals surface area contributed by atoms with Crippen LogP contribution in [0, 0.1) is 5.92 Å². The van der Waals surface area contributed by atoms with Crippen LogP contribution in [0.3, 0.4) is 0 Å². The molecule has 7 nitrogen and oxygen atoms in total. The molecule has 0 aliphatic carbocycles. The Bertz CT molecular complexity index is 990. The van der Waals surface area contributed by atoms with Crippen molar-refractivity contribution in [1.82, 2.24) is 5.32 Å². The molecule has 0 spiro atoms. The van der Waals surface area contributed by atoms with E-state index in [1.807, 2.05) is 0 Å². The van der Waals surface area contributed by atoms with Crippen molar-refractivity contribution < 1.29 is 22.7 Å². The number of hydrogen-bond donors (Lipinski definition) is 1. The second-order valence-corrected chi connectivity index (χ2v) is 9.63. The molecule has 0 aliphatic heterocycles. The summed E-state index contributed by atoms with van der Waals surface area (Å²) in [6.45, 7) is 4.94. The molecule has 2 aromatic carbocycles. The molecule has 0 fully saturated rings. The summed E-state index contributed by atoms with van der Waals surface area (Å²) in [5.74, 6) is 1.09. The van der Waals surface area contributed by atoms with Gasteiger partial charge >= 0.3 is 0 Å². The maximum Gasteiger partial charge on any atom is 0.264 e. The van der Waals surface area contributed by atoms with E-state index in [-0.39, 0.29) is 10.8 Å². The van der Waals surface area contributed by atoms with Gasteiger partial charge in [-0.3, -0.25) is 9.10 Å². The Kier molecular flexibility index (Phi) is 9.38. The number of amides is 1. The molecule has 32 heavy (non-hydrogen) atoms. The highest BCUT2D eigenvalue weighted by Gasteiger charge is 2.23. The number of methoxy groups -OCH3 is 2. The van der Waals surface area contributed by atoms with Crippen molar-refractivity contribution in [2.24, 2.45) is 5.92 Å². The number of ether oxygens (including phenoxy) is 2. The SMILES string of the molecule is CCCC[C@H](CC)CNC(=O)c1ccc(N(C)S(=O)(=O)c2ccc(OC)c(OC)c2)cc1. The lowest BCUT2D eigenvalue weighted by Gasteiger charge is -2.20. The lowest BCUT2D eigenvalue weighted by atomic mass is 9.99. The molecule has 1 atom stereocenters. The molecule has 0 aromatic heterocycles. The van der Waals surface area contributed by atoms with Gasteiger partial charge in [-0.05, 0) is 48.7 Å². The highest BCUT2D eigenvalue weighted by Crippen LogP contribution is 2.31. The molecule has 176 valence electrons. The Balaban J connectivity index is 2.12. The van der Waals surface area contributed by atoms with Crippen molar-refractivity contribution in [2.45, 2.75) is 44.4 Å². The molecule has 0 saturated heterocycles. The second-order valence-electron chi connectivity index (χ2n) is 7.66. The van der Waals surface area contributed by atoms with Gasteiger partial charge in [0, 0.05) is 25.2 Å². The summed E-state index contributed by atoms with van der Waals surface area (Å²) in [7, 11) is 0.596. The molecule has 8 heteroatoms. The third-order valence-corrected chi connectivity index (χ3v) is 7.38. The quantitative estimate of drug-likeness (QED) is 0.503. The topological polar surface area (TPSA) is 84.9 Å². The van der Waals surface area contributed by atoms with Crippen LogP contribution in [0.5, 0.6) is 11.5 Å². The highest BCUT2D eigenvalue weighted by atomic mass is 32.2. The maximum atomic E-state index is 13.1. The molecule has 2 aromatic rings. The number of hydrogen-bond acceptors (Lipinski definition) is 5. The molecule has 0 heterocycles. The molecule has 2 rings (SSSR count). The summed E-state index contributed by atoms with van der Waals surface area (Å²) < 4.78 is 37.7. The van der Waals surface area contributed by atoms with Crippen LogP contribution in [-0.2, 0) is 10.0 Å². The van der Waals surface area contributed by atoms with Crippen molar-refractivity contribution in [3.63, 3.8) is 0 Å². The number of carbonyl (C=O) groups is 1. The Hall–Kier alpha value is -2.74. The van der Waals surface area contributed by atoms with Crippen molar-refractivity contribution in [1.29, 1.82) is 0 Å². The molecule has 0 aliphatic rings. The van der Waals surface area contributed by atoms with E-state index in [9.17, 15) is 13.2 Å². The maximum absolute atomic E-state index is 13.1. The zero-order chi connectivity index (χ0) is 23.7. The van der Waals surface area contributed by atoms with Crippen LogP contribution in [0.15, 0.2) is 47.4 Å². The van der Waals surface area contributed by atoms with Crippen LogP contribution in [0.2, 0.25) is 0 Å².